The molecule has 1 aliphatic rings. The fraction of sp³-hybridized carbons (Fsp3) is 0.417. The molecule has 1 aliphatic carbocycles. The Labute approximate surface area is 115 Å². The summed E-state index contributed by atoms with van der Waals surface area (Å²) in [4.78, 5) is 0. The molecule has 0 amide bonds. The number of halogens is 2. The first-order valence-corrected chi connectivity index (χ1v) is 6.11. The van der Waals surface area contributed by atoms with E-state index < -0.39 is 0 Å². The summed E-state index contributed by atoms with van der Waals surface area (Å²) < 4.78 is 0.781. The van der Waals surface area contributed by atoms with Gasteiger partial charge in [-0.25, -0.2) is 0 Å². The van der Waals surface area contributed by atoms with Crippen LogP contribution in [0.3, 0.4) is 0 Å². The van der Waals surface area contributed by atoms with Gasteiger partial charge in [0.05, 0.1) is 5.56 Å². The van der Waals surface area contributed by atoms with Gasteiger partial charge in [0, 0.05) is 16.1 Å². The molecule has 1 aromatic rings. The minimum Gasteiger partial charge on any atom is -0.506 e. The third-order valence-corrected chi connectivity index (χ3v) is 3.97. The van der Waals surface area contributed by atoms with Crippen molar-refractivity contribution in [2.45, 2.75) is 25.3 Å². The number of hydrogen-bond acceptors (Lipinski definition) is 3. The summed E-state index contributed by atoms with van der Waals surface area (Å²) in [6.07, 6.45) is 3.41. The monoisotopic (exact) mass is 316 g/mol. The highest BCUT2D eigenvalue weighted by Crippen LogP contribution is 2.42. The molecule has 0 saturated heterocycles. The predicted molar refractivity (Wildman–Crippen MR) is 72.0 cm³/mol. The van der Waals surface area contributed by atoms with E-state index in [9.17, 15) is 5.11 Å². The molecule has 0 heterocycles. The number of aromatic hydroxyl groups is 1. The molecule has 3 nitrogen and oxygen atoms in total. The third kappa shape index (κ3) is 2.57. The Morgan fingerprint density at radius 1 is 1.47 bits per heavy atom. The van der Waals surface area contributed by atoms with Crippen LogP contribution in [0.4, 0.5) is 0 Å². The van der Waals surface area contributed by atoms with E-state index in [-0.39, 0.29) is 29.8 Å². The average molecular weight is 318 g/mol. The Morgan fingerprint density at radius 3 is 2.59 bits per heavy atom. The zero-order valence-electron chi connectivity index (χ0n) is 9.19. The first-order valence-electron chi connectivity index (χ1n) is 5.32. The topological polar surface area (TPSA) is 70.0 Å². The summed E-state index contributed by atoms with van der Waals surface area (Å²) in [5, 5.41) is 18.8. The number of benzene rings is 1. The van der Waals surface area contributed by atoms with E-state index in [1.54, 1.807) is 12.1 Å². The number of rotatable bonds is 2. The molecule has 17 heavy (non-hydrogen) atoms. The van der Waals surface area contributed by atoms with Crippen LogP contribution in [0, 0.1) is 17.2 Å². The Hall–Kier alpha value is -0.760. The predicted octanol–water partition coefficient (Wildman–Crippen LogP) is 3.25. The zero-order chi connectivity index (χ0) is 11.7. The van der Waals surface area contributed by atoms with Gasteiger partial charge in [0.2, 0.25) is 0 Å². The van der Waals surface area contributed by atoms with Crippen LogP contribution in [-0.4, -0.2) is 5.11 Å². The lowest BCUT2D eigenvalue weighted by molar-refractivity contribution is 0.260. The first-order chi connectivity index (χ1) is 7.65. The molecule has 1 atom stereocenters. The van der Waals surface area contributed by atoms with Crippen molar-refractivity contribution < 1.29 is 5.11 Å². The van der Waals surface area contributed by atoms with Gasteiger partial charge in [-0.05, 0) is 30.9 Å². The maximum atomic E-state index is 9.98. The van der Waals surface area contributed by atoms with Crippen molar-refractivity contribution in [3.05, 3.63) is 27.7 Å². The summed E-state index contributed by atoms with van der Waals surface area (Å²) in [7, 11) is 0. The van der Waals surface area contributed by atoms with Crippen molar-refractivity contribution in [2.24, 2.45) is 11.7 Å². The van der Waals surface area contributed by atoms with Crippen molar-refractivity contribution >= 4 is 28.3 Å². The smallest absolute Gasteiger partial charge is 0.139 e. The Balaban J connectivity index is 0.00000144. The van der Waals surface area contributed by atoms with Crippen LogP contribution in [0.25, 0.3) is 0 Å². The van der Waals surface area contributed by atoms with E-state index in [1.807, 2.05) is 6.07 Å². The van der Waals surface area contributed by atoms with Gasteiger partial charge in [0.25, 0.3) is 0 Å². The molecule has 3 N–H and O–H groups in total. The lowest BCUT2D eigenvalue weighted by Gasteiger charge is -2.32. The Morgan fingerprint density at radius 2 is 2.12 bits per heavy atom. The number of phenolic OH excluding ortho intramolecular Hbond substituents is 1. The van der Waals surface area contributed by atoms with Gasteiger partial charge in [0.1, 0.15) is 11.8 Å². The summed E-state index contributed by atoms with van der Waals surface area (Å²) in [5.74, 6) is 0.451. The second-order valence-electron chi connectivity index (χ2n) is 4.19. The van der Waals surface area contributed by atoms with Crippen molar-refractivity contribution in [3.8, 4) is 11.8 Å². The first kappa shape index (κ1) is 14.3. The van der Waals surface area contributed by atoms with Crippen molar-refractivity contribution in [2.75, 3.05) is 0 Å². The number of nitrogens with two attached hydrogens (primary N) is 1. The Kier molecular flexibility index (Phi) is 4.81. The van der Waals surface area contributed by atoms with Gasteiger partial charge < -0.3 is 10.8 Å². The lowest BCUT2D eigenvalue weighted by Crippen LogP contribution is -2.27. The van der Waals surface area contributed by atoms with Crippen LogP contribution in [0.1, 0.15) is 36.4 Å². The fourth-order valence-electron chi connectivity index (χ4n) is 2.03. The molecular weight excluding hydrogens is 304 g/mol. The standard InChI is InChI=1S/C12H13BrN2O.ClH/c13-9-5-4-8(6-14)12(16)10(9)11(15)7-2-1-3-7;/h4-5,7,11,16H,1-3,15H2;1H/t11-;/m0./s1. The van der Waals surface area contributed by atoms with E-state index in [1.165, 1.54) is 6.42 Å². The molecule has 92 valence electrons. The molecule has 0 aromatic heterocycles. The van der Waals surface area contributed by atoms with Gasteiger partial charge in [-0.1, -0.05) is 22.4 Å². The van der Waals surface area contributed by atoms with Crippen LogP contribution >= 0.6 is 28.3 Å². The minimum atomic E-state index is -0.184. The van der Waals surface area contributed by atoms with Gasteiger partial charge in [-0.2, -0.15) is 5.26 Å². The van der Waals surface area contributed by atoms with E-state index >= 15 is 0 Å². The van der Waals surface area contributed by atoms with Crippen LogP contribution < -0.4 is 5.73 Å². The molecule has 0 unspecified atom stereocenters. The maximum Gasteiger partial charge on any atom is 0.139 e. The number of nitrogens with zero attached hydrogens (tertiary/aromatic N) is 1. The molecular formula is C12H14BrClN2O. The quantitative estimate of drug-likeness (QED) is 0.879. The van der Waals surface area contributed by atoms with E-state index in [4.69, 9.17) is 11.0 Å². The molecule has 0 bridgehead atoms. The molecule has 0 radical (unpaired) electrons. The number of phenols is 1. The second kappa shape index (κ2) is 5.72. The van der Waals surface area contributed by atoms with Crippen molar-refractivity contribution in [1.29, 1.82) is 5.26 Å². The molecule has 2 rings (SSSR count). The minimum absolute atomic E-state index is 0. The normalized spacial score (nSPS) is 16.5. The molecule has 1 saturated carbocycles. The van der Waals surface area contributed by atoms with Crippen LogP contribution in [0.15, 0.2) is 16.6 Å². The van der Waals surface area contributed by atoms with E-state index in [0.717, 1.165) is 17.3 Å². The zero-order valence-corrected chi connectivity index (χ0v) is 11.6. The van der Waals surface area contributed by atoms with Crippen LogP contribution in [0.5, 0.6) is 5.75 Å². The molecule has 0 aliphatic heterocycles. The molecule has 0 spiro atoms. The molecule has 1 aromatic carbocycles. The summed E-state index contributed by atoms with van der Waals surface area (Å²) in [5.41, 5.74) is 7.08. The largest absolute Gasteiger partial charge is 0.506 e. The highest BCUT2D eigenvalue weighted by Gasteiger charge is 2.29. The van der Waals surface area contributed by atoms with Crippen molar-refractivity contribution in [1.82, 2.24) is 0 Å². The summed E-state index contributed by atoms with van der Waals surface area (Å²) >= 11 is 3.38. The SMILES string of the molecule is Cl.N#Cc1ccc(Br)c([C@@H](N)C2CCC2)c1O. The second-order valence-corrected chi connectivity index (χ2v) is 5.04. The van der Waals surface area contributed by atoms with Crippen molar-refractivity contribution in [3.63, 3.8) is 0 Å². The highest BCUT2D eigenvalue weighted by atomic mass is 79.9. The average Bonchev–Trinajstić information content (AvgIpc) is 2.15. The fourth-order valence-corrected chi connectivity index (χ4v) is 2.61. The third-order valence-electron chi connectivity index (χ3n) is 3.28. The maximum absolute atomic E-state index is 9.98. The Bertz CT molecular complexity index is 455. The van der Waals surface area contributed by atoms with Crippen LogP contribution in [0.2, 0.25) is 0 Å². The van der Waals surface area contributed by atoms with E-state index in [0.29, 0.717) is 11.5 Å². The van der Waals surface area contributed by atoms with Gasteiger partial charge in [-0.15, -0.1) is 12.4 Å². The van der Waals surface area contributed by atoms with E-state index in [2.05, 4.69) is 15.9 Å². The van der Waals surface area contributed by atoms with Gasteiger partial charge >= 0.3 is 0 Å². The highest BCUT2D eigenvalue weighted by molar-refractivity contribution is 9.10. The lowest BCUT2D eigenvalue weighted by atomic mass is 9.77. The molecule has 1 fully saturated rings. The number of nitriles is 1. The summed E-state index contributed by atoms with van der Waals surface area (Å²) in [6.45, 7) is 0. The summed E-state index contributed by atoms with van der Waals surface area (Å²) in [6, 6.07) is 5.15. The number of hydrogen-bond donors (Lipinski definition) is 2. The van der Waals surface area contributed by atoms with Crippen LogP contribution in [-0.2, 0) is 0 Å². The van der Waals surface area contributed by atoms with Gasteiger partial charge in [-0.3, -0.25) is 0 Å². The molecule has 5 heteroatoms. The van der Waals surface area contributed by atoms with Gasteiger partial charge in [0.15, 0.2) is 0 Å².